The van der Waals surface area contributed by atoms with Crippen molar-refractivity contribution in [2.45, 2.75) is 13.1 Å². The van der Waals surface area contributed by atoms with Crippen molar-refractivity contribution in [3.63, 3.8) is 0 Å². The van der Waals surface area contributed by atoms with Gasteiger partial charge in [-0.05, 0) is 24.3 Å². The van der Waals surface area contributed by atoms with Gasteiger partial charge in [0.2, 0.25) is 5.89 Å². The highest BCUT2D eigenvalue weighted by molar-refractivity contribution is 5.91. The van der Waals surface area contributed by atoms with Crippen molar-refractivity contribution in [1.29, 1.82) is 0 Å². The quantitative estimate of drug-likeness (QED) is 0.770. The lowest BCUT2D eigenvalue weighted by Crippen LogP contribution is -2.03. The Balaban J connectivity index is 2.31. The third kappa shape index (κ3) is 2.42. The molecule has 0 spiro atoms. The predicted octanol–water partition coefficient (Wildman–Crippen LogP) is 3.56. The van der Waals surface area contributed by atoms with Gasteiger partial charge in [0, 0.05) is 12.5 Å². The van der Waals surface area contributed by atoms with Crippen LogP contribution in [0.25, 0.3) is 11.5 Å². The first-order valence-corrected chi connectivity index (χ1v) is 5.02. The van der Waals surface area contributed by atoms with E-state index in [2.05, 4.69) is 4.98 Å². The number of oxazole rings is 1. The highest BCUT2D eigenvalue weighted by Crippen LogP contribution is 2.30. The van der Waals surface area contributed by atoms with Crippen LogP contribution in [-0.4, -0.2) is 10.8 Å². The van der Waals surface area contributed by atoms with E-state index >= 15 is 0 Å². The van der Waals surface area contributed by atoms with Gasteiger partial charge in [-0.15, -0.1) is 0 Å². The normalized spacial score (nSPS) is 11.6. The zero-order chi connectivity index (χ0) is 13.3. The summed E-state index contributed by atoms with van der Waals surface area (Å²) in [7, 11) is 0. The van der Waals surface area contributed by atoms with Gasteiger partial charge in [-0.1, -0.05) is 0 Å². The van der Waals surface area contributed by atoms with Crippen LogP contribution >= 0.6 is 0 Å². The minimum absolute atomic E-state index is 0.0740. The van der Waals surface area contributed by atoms with E-state index in [1.54, 1.807) is 0 Å². The number of hydrogen-bond donors (Lipinski definition) is 0. The highest BCUT2D eigenvalue weighted by Gasteiger charge is 2.30. The third-order valence-corrected chi connectivity index (χ3v) is 2.31. The molecule has 0 aliphatic heterocycles. The Hall–Kier alpha value is -2.11. The fourth-order valence-corrected chi connectivity index (χ4v) is 1.37. The summed E-state index contributed by atoms with van der Waals surface area (Å²) in [6, 6.07) is 4.37. The van der Waals surface area contributed by atoms with Crippen molar-refractivity contribution < 1.29 is 22.4 Å². The Kier molecular flexibility index (Phi) is 2.94. The predicted molar refractivity (Wildman–Crippen MR) is 56.9 cm³/mol. The maximum atomic E-state index is 12.3. The second kappa shape index (κ2) is 4.29. The first kappa shape index (κ1) is 12.3. The second-order valence-corrected chi connectivity index (χ2v) is 3.66. The van der Waals surface area contributed by atoms with Crippen LogP contribution in [0.5, 0.6) is 0 Å². The average Bonchev–Trinajstić information content (AvgIpc) is 2.77. The summed E-state index contributed by atoms with van der Waals surface area (Å²) in [5, 5.41) is 0. The molecule has 1 heterocycles. The molecule has 0 saturated heterocycles. The minimum Gasteiger partial charge on any atom is -0.433 e. The number of carbonyl (C=O) groups is 1. The van der Waals surface area contributed by atoms with E-state index in [1.165, 1.54) is 25.3 Å². The third-order valence-electron chi connectivity index (χ3n) is 2.31. The largest absolute Gasteiger partial charge is 0.433 e. The highest BCUT2D eigenvalue weighted by atomic mass is 19.4. The number of carbonyl (C=O) groups excluding carboxylic acids is 1. The van der Waals surface area contributed by atoms with Gasteiger partial charge < -0.3 is 4.42 Å². The summed E-state index contributed by atoms with van der Waals surface area (Å²) < 4.78 is 42.2. The van der Waals surface area contributed by atoms with Crippen molar-refractivity contribution >= 4 is 5.78 Å². The maximum absolute atomic E-state index is 12.3. The molecule has 0 amide bonds. The molecule has 0 bridgehead atoms. The second-order valence-electron chi connectivity index (χ2n) is 3.66. The molecule has 0 aliphatic rings. The number of halogens is 3. The molecule has 0 aliphatic carbocycles. The van der Waals surface area contributed by atoms with E-state index in [-0.39, 0.29) is 17.4 Å². The fourth-order valence-electron chi connectivity index (χ4n) is 1.37. The Morgan fingerprint density at radius 1 is 1.22 bits per heavy atom. The molecule has 2 rings (SSSR count). The van der Waals surface area contributed by atoms with Crippen LogP contribution in [0.1, 0.15) is 23.0 Å². The van der Waals surface area contributed by atoms with E-state index in [0.717, 1.165) is 12.1 Å². The molecule has 2 aromatic rings. The summed E-state index contributed by atoms with van der Waals surface area (Å²) >= 11 is 0. The lowest BCUT2D eigenvalue weighted by Gasteiger charge is -2.05. The van der Waals surface area contributed by atoms with Gasteiger partial charge in [-0.2, -0.15) is 13.2 Å². The van der Waals surface area contributed by atoms with Crippen LogP contribution in [0.15, 0.2) is 34.9 Å². The molecule has 18 heavy (non-hydrogen) atoms. The van der Waals surface area contributed by atoms with Crippen molar-refractivity contribution in [1.82, 2.24) is 4.98 Å². The Morgan fingerprint density at radius 3 is 2.28 bits per heavy atom. The number of benzene rings is 1. The van der Waals surface area contributed by atoms with Gasteiger partial charge >= 0.3 is 6.18 Å². The van der Waals surface area contributed by atoms with E-state index in [4.69, 9.17) is 4.42 Å². The van der Waals surface area contributed by atoms with Gasteiger partial charge in [0.15, 0.2) is 11.5 Å². The van der Waals surface area contributed by atoms with E-state index in [9.17, 15) is 18.0 Å². The molecule has 0 radical (unpaired) electrons. The van der Waals surface area contributed by atoms with Crippen molar-refractivity contribution in [3.05, 3.63) is 41.8 Å². The Bertz CT molecular complexity index is 570. The summed E-state index contributed by atoms with van der Waals surface area (Å²) in [5.41, 5.74) is -0.361. The number of aromatic nitrogens is 1. The van der Waals surface area contributed by atoms with Gasteiger partial charge in [-0.3, -0.25) is 4.79 Å². The van der Waals surface area contributed by atoms with Gasteiger partial charge in [0.25, 0.3) is 0 Å². The van der Waals surface area contributed by atoms with Gasteiger partial charge in [0.05, 0.1) is 11.8 Å². The molecular weight excluding hydrogens is 247 g/mol. The van der Waals surface area contributed by atoms with Crippen molar-refractivity contribution in [3.8, 4) is 11.5 Å². The monoisotopic (exact) mass is 255 g/mol. The molecule has 0 saturated carbocycles. The van der Waals surface area contributed by atoms with Crippen molar-refractivity contribution in [2.75, 3.05) is 0 Å². The lowest BCUT2D eigenvalue weighted by molar-refractivity contribution is -0.137. The molecule has 1 aromatic carbocycles. The number of rotatable bonds is 2. The molecule has 0 unspecified atom stereocenters. The van der Waals surface area contributed by atoms with E-state index in [1.807, 2.05) is 0 Å². The standard InChI is InChI=1S/C12H8F3NO2/c1-7(17)10-6-16-11(18-10)8-2-4-9(5-3-8)12(13,14)15/h2-6H,1H3. The molecular formula is C12H8F3NO2. The van der Waals surface area contributed by atoms with Crippen LogP contribution in [-0.2, 0) is 6.18 Å². The summed E-state index contributed by atoms with van der Waals surface area (Å²) in [6.07, 6.45) is -3.13. The number of Topliss-reactive ketones (excluding diaryl/α,β-unsaturated/α-hetero) is 1. The fraction of sp³-hybridized carbons (Fsp3) is 0.167. The van der Waals surface area contributed by atoms with Crippen molar-refractivity contribution in [2.24, 2.45) is 0 Å². The number of alkyl halides is 3. The van der Waals surface area contributed by atoms with Crippen LogP contribution in [0.3, 0.4) is 0 Å². The zero-order valence-corrected chi connectivity index (χ0v) is 9.28. The molecule has 3 nitrogen and oxygen atoms in total. The lowest BCUT2D eigenvalue weighted by atomic mass is 10.1. The molecule has 6 heteroatoms. The smallest absolute Gasteiger partial charge is 0.416 e. The van der Waals surface area contributed by atoms with Crippen LogP contribution in [0.4, 0.5) is 13.2 Å². The minimum atomic E-state index is -4.38. The topological polar surface area (TPSA) is 43.1 Å². The number of hydrogen-bond acceptors (Lipinski definition) is 3. The van der Waals surface area contributed by atoms with E-state index in [0.29, 0.717) is 5.56 Å². The van der Waals surface area contributed by atoms with Crippen LogP contribution < -0.4 is 0 Å². The van der Waals surface area contributed by atoms with E-state index < -0.39 is 11.7 Å². The van der Waals surface area contributed by atoms with Gasteiger partial charge in [0.1, 0.15) is 0 Å². The molecule has 94 valence electrons. The first-order valence-electron chi connectivity index (χ1n) is 5.02. The summed E-state index contributed by atoms with van der Waals surface area (Å²) in [5.74, 6) is -0.0977. The van der Waals surface area contributed by atoms with Crippen LogP contribution in [0.2, 0.25) is 0 Å². The SMILES string of the molecule is CC(=O)c1cnc(-c2ccc(C(F)(F)F)cc2)o1. The Labute approximate surface area is 100 Å². The first-order chi connectivity index (χ1) is 8.38. The summed E-state index contributed by atoms with van der Waals surface area (Å²) in [4.78, 5) is 14.8. The number of nitrogens with zero attached hydrogens (tertiary/aromatic N) is 1. The number of ketones is 1. The molecule has 1 aromatic heterocycles. The average molecular weight is 255 g/mol. The molecule has 0 N–H and O–H groups in total. The molecule has 0 atom stereocenters. The zero-order valence-electron chi connectivity index (χ0n) is 9.28. The maximum Gasteiger partial charge on any atom is 0.416 e. The van der Waals surface area contributed by atoms with Crippen LogP contribution in [0, 0.1) is 0 Å². The Morgan fingerprint density at radius 2 is 1.83 bits per heavy atom. The van der Waals surface area contributed by atoms with Gasteiger partial charge in [-0.25, -0.2) is 4.98 Å². The summed E-state index contributed by atoms with van der Waals surface area (Å²) in [6.45, 7) is 1.32. The molecule has 0 fully saturated rings.